The van der Waals surface area contributed by atoms with Gasteiger partial charge in [-0.1, -0.05) is 24.3 Å². The van der Waals surface area contributed by atoms with Gasteiger partial charge in [0.05, 0.1) is 5.69 Å². The Morgan fingerprint density at radius 1 is 0.958 bits per heavy atom. The second-order valence-electron chi connectivity index (χ2n) is 6.09. The molecule has 5 heteroatoms. The molecule has 0 aromatic heterocycles. The minimum atomic E-state index is 0.339. The Morgan fingerprint density at radius 2 is 1.79 bits per heavy atom. The van der Waals surface area contributed by atoms with Crippen molar-refractivity contribution in [2.24, 2.45) is 0 Å². The van der Waals surface area contributed by atoms with Gasteiger partial charge in [-0.15, -0.1) is 11.8 Å². The summed E-state index contributed by atoms with van der Waals surface area (Å²) in [6, 6.07) is 14.9. The van der Waals surface area contributed by atoms with E-state index in [1.165, 1.54) is 16.1 Å². The van der Waals surface area contributed by atoms with Crippen molar-refractivity contribution < 1.29 is 9.47 Å². The summed E-state index contributed by atoms with van der Waals surface area (Å²) < 4.78 is 11.1. The van der Waals surface area contributed by atoms with Crippen molar-refractivity contribution in [3.63, 3.8) is 0 Å². The summed E-state index contributed by atoms with van der Waals surface area (Å²) in [6.45, 7) is 5.50. The number of hydrogen-bond acceptors (Lipinski definition) is 5. The Bertz CT molecular complexity index is 714. The molecule has 4 rings (SSSR count). The van der Waals surface area contributed by atoms with E-state index in [-0.39, 0.29) is 0 Å². The molecule has 0 N–H and O–H groups in total. The fraction of sp³-hybridized carbons (Fsp3) is 0.368. The molecule has 2 heterocycles. The number of piperazine rings is 1. The van der Waals surface area contributed by atoms with Crippen LogP contribution >= 0.6 is 11.8 Å². The number of benzene rings is 2. The molecule has 126 valence electrons. The first-order valence-electron chi connectivity index (χ1n) is 8.33. The second-order valence-corrected chi connectivity index (χ2v) is 6.93. The van der Waals surface area contributed by atoms with E-state index in [0.29, 0.717) is 6.79 Å². The molecule has 2 aromatic carbocycles. The highest BCUT2D eigenvalue weighted by atomic mass is 32.2. The first kappa shape index (κ1) is 15.7. The fourth-order valence-electron chi connectivity index (χ4n) is 3.39. The molecule has 0 spiro atoms. The molecule has 24 heavy (non-hydrogen) atoms. The number of fused-ring (bicyclic) bond motifs is 1. The lowest BCUT2D eigenvalue weighted by atomic mass is 10.1. The molecule has 1 saturated heterocycles. The van der Waals surface area contributed by atoms with Crippen molar-refractivity contribution in [2.75, 3.05) is 44.1 Å². The van der Waals surface area contributed by atoms with Gasteiger partial charge in [0.25, 0.3) is 0 Å². The van der Waals surface area contributed by atoms with Crippen molar-refractivity contribution in [2.45, 2.75) is 11.4 Å². The Hall–Kier alpha value is -1.85. The number of para-hydroxylation sites is 2. The molecular formula is C19H22N2O2S. The summed E-state index contributed by atoms with van der Waals surface area (Å²) in [6.07, 6.45) is 2.15. The van der Waals surface area contributed by atoms with Crippen molar-refractivity contribution in [3.8, 4) is 11.5 Å². The fourth-order valence-corrected chi connectivity index (χ4v) is 4.01. The Balaban J connectivity index is 1.41. The van der Waals surface area contributed by atoms with Gasteiger partial charge >= 0.3 is 0 Å². The maximum Gasteiger partial charge on any atom is 0.231 e. The molecule has 2 aliphatic rings. The summed E-state index contributed by atoms with van der Waals surface area (Å²) >= 11 is 1.82. The molecule has 1 fully saturated rings. The monoisotopic (exact) mass is 342 g/mol. The molecular weight excluding hydrogens is 320 g/mol. The zero-order valence-electron chi connectivity index (χ0n) is 13.9. The van der Waals surface area contributed by atoms with E-state index < -0.39 is 0 Å². The van der Waals surface area contributed by atoms with Gasteiger partial charge in [-0.05, 0) is 24.5 Å². The quantitative estimate of drug-likeness (QED) is 0.793. The van der Waals surface area contributed by atoms with Crippen LogP contribution in [0.4, 0.5) is 5.69 Å². The number of thioether (sulfide) groups is 1. The number of rotatable bonds is 4. The first-order valence-corrected chi connectivity index (χ1v) is 9.55. The van der Waals surface area contributed by atoms with Crippen molar-refractivity contribution >= 4 is 17.4 Å². The lowest BCUT2D eigenvalue weighted by Gasteiger charge is -2.37. The third-order valence-electron chi connectivity index (χ3n) is 4.67. The van der Waals surface area contributed by atoms with Crippen LogP contribution in [-0.4, -0.2) is 44.1 Å². The minimum absolute atomic E-state index is 0.339. The minimum Gasteiger partial charge on any atom is -0.454 e. The van der Waals surface area contributed by atoms with Crippen LogP contribution < -0.4 is 14.4 Å². The molecule has 4 nitrogen and oxygen atoms in total. The third-order valence-corrected chi connectivity index (χ3v) is 5.46. The van der Waals surface area contributed by atoms with Crippen molar-refractivity contribution in [1.82, 2.24) is 4.90 Å². The Kier molecular flexibility index (Phi) is 4.54. The van der Waals surface area contributed by atoms with Crippen molar-refractivity contribution in [1.29, 1.82) is 0 Å². The maximum atomic E-state index is 5.63. The molecule has 0 radical (unpaired) electrons. The smallest absolute Gasteiger partial charge is 0.231 e. The lowest BCUT2D eigenvalue weighted by molar-refractivity contribution is 0.171. The van der Waals surface area contributed by atoms with Gasteiger partial charge in [0.15, 0.2) is 11.5 Å². The predicted molar refractivity (Wildman–Crippen MR) is 98.3 cm³/mol. The normalized spacial score (nSPS) is 17.3. The standard InChI is InChI=1S/C19H22N2O2S/c1-24-18-8-3-2-6-16(18)21-11-9-20(10-12-21)13-15-5-4-7-17-19(15)23-14-22-17/h2-8H,9-14H2,1H3. The van der Waals surface area contributed by atoms with Gasteiger partial charge in [0.1, 0.15) is 0 Å². The van der Waals surface area contributed by atoms with Crippen LogP contribution in [0.15, 0.2) is 47.4 Å². The van der Waals surface area contributed by atoms with Crippen LogP contribution in [0.3, 0.4) is 0 Å². The molecule has 0 bridgehead atoms. The van der Waals surface area contributed by atoms with Gasteiger partial charge < -0.3 is 14.4 Å². The maximum absolute atomic E-state index is 5.63. The topological polar surface area (TPSA) is 24.9 Å². The van der Waals surface area contributed by atoms with Crippen LogP contribution in [0, 0.1) is 0 Å². The Morgan fingerprint density at radius 3 is 2.62 bits per heavy atom. The van der Waals surface area contributed by atoms with Crippen LogP contribution in [0.2, 0.25) is 0 Å². The van der Waals surface area contributed by atoms with Gasteiger partial charge in [0, 0.05) is 43.2 Å². The Labute approximate surface area is 147 Å². The number of nitrogens with zero attached hydrogens (tertiary/aromatic N) is 2. The molecule has 2 aromatic rings. The average Bonchev–Trinajstić information content (AvgIpc) is 3.12. The summed E-state index contributed by atoms with van der Waals surface area (Å²) in [5.74, 6) is 1.80. The van der Waals surface area contributed by atoms with Gasteiger partial charge in [0.2, 0.25) is 6.79 Å². The van der Waals surface area contributed by atoms with E-state index in [2.05, 4.69) is 46.4 Å². The number of anilines is 1. The highest BCUT2D eigenvalue weighted by molar-refractivity contribution is 7.98. The average molecular weight is 342 g/mol. The predicted octanol–water partition coefficient (Wildman–Crippen LogP) is 3.46. The first-order chi connectivity index (χ1) is 11.8. The highest BCUT2D eigenvalue weighted by Crippen LogP contribution is 2.36. The van der Waals surface area contributed by atoms with E-state index in [1.54, 1.807) is 0 Å². The largest absolute Gasteiger partial charge is 0.454 e. The van der Waals surface area contributed by atoms with Crippen LogP contribution in [0.1, 0.15) is 5.56 Å². The second kappa shape index (κ2) is 6.95. The summed E-state index contributed by atoms with van der Waals surface area (Å²) in [5.41, 5.74) is 2.59. The molecule has 0 saturated carbocycles. The van der Waals surface area contributed by atoms with Gasteiger partial charge in [-0.25, -0.2) is 0 Å². The summed E-state index contributed by atoms with van der Waals surface area (Å²) in [7, 11) is 0. The van der Waals surface area contributed by atoms with Crippen molar-refractivity contribution in [3.05, 3.63) is 48.0 Å². The van der Waals surface area contributed by atoms with Crippen LogP contribution in [0.25, 0.3) is 0 Å². The molecule has 0 aliphatic carbocycles. The van der Waals surface area contributed by atoms with Crippen LogP contribution in [-0.2, 0) is 6.54 Å². The summed E-state index contributed by atoms with van der Waals surface area (Å²) in [4.78, 5) is 6.35. The molecule has 2 aliphatic heterocycles. The van der Waals surface area contributed by atoms with Gasteiger partial charge in [-0.3, -0.25) is 4.90 Å². The highest BCUT2D eigenvalue weighted by Gasteiger charge is 2.22. The molecule has 0 unspecified atom stereocenters. The van der Waals surface area contributed by atoms with E-state index in [9.17, 15) is 0 Å². The summed E-state index contributed by atoms with van der Waals surface area (Å²) in [5, 5.41) is 0. The van der Waals surface area contributed by atoms with E-state index >= 15 is 0 Å². The molecule has 0 amide bonds. The molecule has 0 atom stereocenters. The zero-order valence-corrected chi connectivity index (χ0v) is 14.7. The number of ether oxygens (including phenoxy) is 2. The SMILES string of the molecule is CSc1ccccc1N1CCN(Cc2cccc3c2OCO3)CC1. The van der Waals surface area contributed by atoms with E-state index in [1.807, 2.05) is 23.9 Å². The van der Waals surface area contributed by atoms with E-state index in [0.717, 1.165) is 44.2 Å². The number of hydrogen-bond donors (Lipinski definition) is 0. The third kappa shape index (κ3) is 3.06. The van der Waals surface area contributed by atoms with Crippen LogP contribution in [0.5, 0.6) is 11.5 Å². The van der Waals surface area contributed by atoms with E-state index in [4.69, 9.17) is 9.47 Å². The zero-order chi connectivity index (χ0) is 16.4. The van der Waals surface area contributed by atoms with Gasteiger partial charge in [-0.2, -0.15) is 0 Å². The lowest BCUT2D eigenvalue weighted by Crippen LogP contribution is -2.46.